The predicted octanol–water partition coefficient (Wildman–Crippen LogP) is -0.481. The molecule has 0 saturated heterocycles. The van der Waals surface area contributed by atoms with Gasteiger partial charge in [-0.05, 0) is 25.8 Å². The van der Waals surface area contributed by atoms with E-state index in [1.165, 1.54) is 0 Å². The Balaban J connectivity index is 2.54. The fourth-order valence-electron chi connectivity index (χ4n) is 1.44. The van der Waals surface area contributed by atoms with Crippen LogP contribution >= 0.6 is 0 Å². The molecule has 5 heteroatoms. The van der Waals surface area contributed by atoms with Gasteiger partial charge in [0.1, 0.15) is 6.04 Å². The van der Waals surface area contributed by atoms with Crippen LogP contribution in [-0.2, 0) is 14.4 Å². The highest BCUT2D eigenvalue weighted by Gasteiger charge is 2.30. The molecule has 1 aliphatic heterocycles. The monoisotopic (exact) mass is 209 g/mol. The molecule has 1 radical (unpaired) electrons. The van der Waals surface area contributed by atoms with Crippen molar-refractivity contribution in [2.45, 2.75) is 25.3 Å². The Bertz CT molecular complexity index is 281. The van der Waals surface area contributed by atoms with Gasteiger partial charge in [0.15, 0.2) is 0 Å². The molecular formula is C10H13N2O3. The molecule has 81 valence electrons. The van der Waals surface area contributed by atoms with Crippen LogP contribution < -0.4 is 5.73 Å². The number of imide groups is 1. The molecule has 0 fully saturated rings. The van der Waals surface area contributed by atoms with Gasteiger partial charge >= 0.3 is 0 Å². The van der Waals surface area contributed by atoms with Crippen LogP contribution in [0.25, 0.3) is 0 Å². The maximum Gasteiger partial charge on any atom is 0.254 e. The quantitative estimate of drug-likeness (QED) is 0.473. The summed E-state index contributed by atoms with van der Waals surface area (Å²) in [5.74, 6) is -0.887. The standard InChI is InChI=1S/C10H13N2O3/c11-6-2-1-3-8(7-13)12-9(14)4-5-10(12)15/h4-5,8H,1-3,6,11H2. The number of amides is 2. The number of rotatable bonds is 6. The zero-order valence-electron chi connectivity index (χ0n) is 8.31. The topological polar surface area (TPSA) is 80.5 Å². The largest absolute Gasteiger partial charge is 0.330 e. The number of nitrogens with two attached hydrogens (primary N) is 1. The molecule has 0 aromatic carbocycles. The van der Waals surface area contributed by atoms with Gasteiger partial charge < -0.3 is 5.73 Å². The number of carbonyl (C=O) groups is 2. The highest BCUT2D eigenvalue weighted by atomic mass is 16.2. The second-order valence-corrected chi connectivity index (χ2v) is 3.30. The van der Waals surface area contributed by atoms with Gasteiger partial charge in [0.25, 0.3) is 11.8 Å². The third kappa shape index (κ3) is 2.73. The first-order valence-electron chi connectivity index (χ1n) is 4.83. The van der Waals surface area contributed by atoms with E-state index in [4.69, 9.17) is 5.73 Å². The van der Waals surface area contributed by atoms with Crippen molar-refractivity contribution in [3.05, 3.63) is 12.2 Å². The Morgan fingerprint density at radius 2 is 1.87 bits per heavy atom. The summed E-state index contributed by atoms with van der Waals surface area (Å²) < 4.78 is 0. The molecule has 1 heterocycles. The van der Waals surface area contributed by atoms with Gasteiger partial charge in [-0.1, -0.05) is 0 Å². The van der Waals surface area contributed by atoms with E-state index in [0.29, 0.717) is 19.4 Å². The zero-order chi connectivity index (χ0) is 11.3. The maximum absolute atomic E-state index is 11.2. The van der Waals surface area contributed by atoms with E-state index in [9.17, 15) is 14.4 Å². The smallest absolute Gasteiger partial charge is 0.254 e. The third-order valence-electron chi connectivity index (χ3n) is 2.22. The van der Waals surface area contributed by atoms with Crippen LogP contribution in [0.3, 0.4) is 0 Å². The average Bonchev–Trinajstić information content (AvgIpc) is 2.55. The molecule has 5 nitrogen and oxygen atoms in total. The molecule has 0 bridgehead atoms. The Hall–Kier alpha value is -1.49. The number of unbranched alkanes of at least 4 members (excludes halogenated alkanes) is 1. The van der Waals surface area contributed by atoms with E-state index in [1.807, 2.05) is 0 Å². The molecule has 15 heavy (non-hydrogen) atoms. The summed E-state index contributed by atoms with van der Waals surface area (Å²) in [6.07, 6.45) is 5.94. The van der Waals surface area contributed by atoms with Gasteiger partial charge in [-0.3, -0.25) is 19.3 Å². The Kier molecular flexibility index (Phi) is 4.17. The molecule has 2 amide bonds. The van der Waals surface area contributed by atoms with Crippen molar-refractivity contribution < 1.29 is 14.4 Å². The van der Waals surface area contributed by atoms with Crippen LogP contribution in [0, 0.1) is 0 Å². The molecular weight excluding hydrogens is 196 g/mol. The lowest BCUT2D eigenvalue weighted by Crippen LogP contribution is -2.41. The van der Waals surface area contributed by atoms with Crippen LogP contribution in [0.5, 0.6) is 0 Å². The minimum atomic E-state index is -0.772. The average molecular weight is 209 g/mol. The van der Waals surface area contributed by atoms with Gasteiger partial charge in [0, 0.05) is 12.2 Å². The van der Waals surface area contributed by atoms with Crippen molar-refractivity contribution >= 4 is 18.1 Å². The van der Waals surface area contributed by atoms with Gasteiger partial charge in [0.05, 0.1) is 0 Å². The first-order chi connectivity index (χ1) is 7.20. The number of hydrogen-bond donors (Lipinski definition) is 1. The summed E-state index contributed by atoms with van der Waals surface area (Å²) in [6.45, 7) is 0.533. The molecule has 0 saturated carbocycles. The normalized spacial score (nSPS) is 17.3. The summed E-state index contributed by atoms with van der Waals surface area (Å²) in [7, 11) is 0. The third-order valence-corrected chi connectivity index (χ3v) is 2.22. The number of nitrogens with zero attached hydrogens (tertiary/aromatic N) is 1. The molecule has 0 aromatic heterocycles. The second kappa shape index (κ2) is 5.41. The summed E-state index contributed by atoms with van der Waals surface area (Å²) in [6, 6.07) is -0.772. The van der Waals surface area contributed by atoms with Crippen LogP contribution in [-0.4, -0.2) is 35.6 Å². The van der Waals surface area contributed by atoms with Crippen LogP contribution in [0.2, 0.25) is 0 Å². The van der Waals surface area contributed by atoms with Crippen molar-refractivity contribution in [2.75, 3.05) is 6.54 Å². The first-order valence-corrected chi connectivity index (χ1v) is 4.83. The summed E-state index contributed by atoms with van der Waals surface area (Å²) in [5, 5.41) is 0. The van der Waals surface area contributed by atoms with E-state index in [1.54, 1.807) is 6.29 Å². The fourth-order valence-corrected chi connectivity index (χ4v) is 1.44. The number of hydrogen-bond acceptors (Lipinski definition) is 4. The summed E-state index contributed by atoms with van der Waals surface area (Å²) in [4.78, 5) is 34.0. The van der Waals surface area contributed by atoms with Gasteiger partial charge in [0.2, 0.25) is 6.29 Å². The molecule has 1 rings (SSSR count). The molecule has 0 aliphatic carbocycles. The zero-order valence-corrected chi connectivity index (χ0v) is 8.31. The summed E-state index contributed by atoms with van der Waals surface area (Å²) in [5.41, 5.74) is 5.31. The second-order valence-electron chi connectivity index (χ2n) is 3.30. The lowest BCUT2D eigenvalue weighted by atomic mass is 10.1. The minimum Gasteiger partial charge on any atom is -0.330 e. The van der Waals surface area contributed by atoms with Crippen LogP contribution in [0.4, 0.5) is 0 Å². The van der Waals surface area contributed by atoms with E-state index in [-0.39, 0.29) is 0 Å². The Morgan fingerprint density at radius 1 is 1.27 bits per heavy atom. The van der Waals surface area contributed by atoms with E-state index < -0.39 is 17.9 Å². The van der Waals surface area contributed by atoms with E-state index in [2.05, 4.69) is 0 Å². The SMILES string of the molecule is NCCCCC([C]=O)N1C(=O)C=CC1=O. The van der Waals surface area contributed by atoms with Gasteiger partial charge in [-0.25, -0.2) is 0 Å². The molecule has 0 aromatic rings. The van der Waals surface area contributed by atoms with Crippen molar-refractivity contribution in [2.24, 2.45) is 5.73 Å². The minimum absolute atomic E-state index is 0.430. The predicted molar refractivity (Wildman–Crippen MR) is 53.4 cm³/mol. The van der Waals surface area contributed by atoms with Crippen molar-refractivity contribution in [3.8, 4) is 0 Å². The molecule has 2 N–H and O–H groups in total. The van der Waals surface area contributed by atoms with Crippen LogP contribution in [0.15, 0.2) is 12.2 Å². The van der Waals surface area contributed by atoms with E-state index >= 15 is 0 Å². The molecule has 1 atom stereocenters. The Labute approximate surface area is 87.9 Å². The van der Waals surface area contributed by atoms with Crippen LogP contribution in [0.1, 0.15) is 19.3 Å². The highest BCUT2D eigenvalue weighted by molar-refractivity contribution is 6.14. The maximum atomic E-state index is 11.2. The lowest BCUT2D eigenvalue weighted by Gasteiger charge is -2.20. The fraction of sp³-hybridized carbons (Fsp3) is 0.500. The highest BCUT2D eigenvalue weighted by Crippen LogP contribution is 2.12. The van der Waals surface area contributed by atoms with Crippen molar-refractivity contribution in [3.63, 3.8) is 0 Å². The Morgan fingerprint density at radius 3 is 2.33 bits per heavy atom. The van der Waals surface area contributed by atoms with Crippen molar-refractivity contribution in [1.82, 2.24) is 4.90 Å². The first kappa shape index (κ1) is 11.6. The van der Waals surface area contributed by atoms with Crippen molar-refractivity contribution in [1.29, 1.82) is 0 Å². The lowest BCUT2D eigenvalue weighted by molar-refractivity contribution is -0.138. The molecule has 1 unspecified atom stereocenters. The van der Waals surface area contributed by atoms with E-state index in [0.717, 1.165) is 23.5 Å². The van der Waals surface area contributed by atoms with Gasteiger partial charge in [-0.15, -0.1) is 0 Å². The number of carbonyl (C=O) groups excluding carboxylic acids is 3. The van der Waals surface area contributed by atoms with Gasteiger partial charge in [-0.2, -0.15) is 0 Å². The molecule has 1 aliphatic rings. The summed E-state index contributed by atoms with van der Waals surface area (Å²) >= 11 is 0. The molecule has 0 spiro atoms.